The zero-order valence-electron chi connectivity index (χ0n) is 12.3. The molecule has 3 N–H and O–H groups in total. The summed E-state index contributed by atoms with van der Waals surface area (Å²) < 4.78 is 0. The van der Waals surface area contributed by atoms with Gasteiger partial charge in [-0.05, 0) is 17.7 Å². The Bertz CT molecular complexity index is 807. The van der Waals surface area contributed by atoms with Crippen molar-refractivity contribution in [2.75, 3.05) is 0 Å². The molecule has 0 aliphatic heterocycles. The smallest absolute Gasteiger partial charge is 0.326 e. The molecule has 1 aromatic heterocycles. The van der Waals surface area contributed by atoms with Crippen LogP contribution in [0.25, 0.3) is 10.9 Å². The number of aromatic amines is 1. The highest BCUT2D eigenvalue weighted by atomic mass is 16.4. The number of para-hydroxylation sites is 1. The van der Waals surface area contributed by atoms with Crippen LogP contribution in [0, 0.1) is 0 Å². The molecule has 0 aliphatic carbocycles. The summed E-state index contributed by atoms with van der Waals surface area (Å²) >= 11 is 0. The zero-order valence-corrected chi connectivity index (χ0v) is 12.3. The van der Waals surface area contributed by atoms with Crippen molar-refractivity contribution in [1.82, 2.24) is 10.3 Å². The summed E-state index contributed by atoms with van der Waals surface area (Å²) in [5.74, 6) is -1.48. The molecule has 0 fully saturated rings. The SMILES string of the molecule is O=C(NC(Cc1ccccc1)C(=O)O)c1cc2ccccc2[nH]1. The number of carbonyl (C=O) groups excluding carboxylic acids is 1. The molecule has 0 spiro atoms. The van der Waals surface area contributed by atoms with E-state index < -0.39 is 17.9 Å². The van der Waals surface area contributed by atoms with E-state index in [9.17, 15) is 14.7 Å². The fourth-order valence-electron chi connectivity index (χ4n) is 2.48. The lowest BCUT2D eigenvalue weighted by atomic mass is 10.1. The van der Waals surface area contributed by atoms with Crippen LogP contribution in [-0.4, -0.2) is 28.0 Å². The Hall–Kier alpha value is -3.08. The van der Waals surface area contributed by atoms with Crippen LogP contribution in [0.5, 0.6) is 0 Å². The zero-order chi connectivity index (χ0) is 16.2. The first kappa shape index (κ1) is 14.8. The van der Waals surface area contributed by atoms with Crippen molar-refractivity contribution in [3.63, 3.8) is 0 Å². The van der Waals surface area contributed by atoms with E-state index in [4.69, 9.17) is 0 Å². The second-order valence-corrected chi connectivity index (χ2v) is 5.32. The maximum Gasteiger partial charge on any atom is 0.326 e. The van der Waals surface area contributed by atoms with Crippen molar-refractivity contribution in [2.24, 2.45) is 0 Å². The van der Waals surface area contributed by atoms with Gasteiger partial charge in [0.15, 0.2) is 0 Å². The summed E-state index contributed by atoms with van der Waals surface area (Å²) in [5, 5.41) is 12.8. The number of nitrogens with one attached hydrogen (secondary N) is 2. The standard InChI is InChI=1S/C18H16N2O3/c21-17(15-11-13-8-4-5-9-14(13)19-15)20-16(18(22)23)10-12-6-2-1-3-7-12/h1-9,11,16,19H,10H2,(H,20,21)(H,22,23). The van der Waals surface area contributed by atoms with E-state index in [1.807, 2.05) is 54.6 Å². The quantitative estimate of drug-likeness (QED) is 0.677. The number of H-pyrrole nitrogens is 1. The van der Waals surface area contributed by atoms with Gasteiger partial charge in [-0.3, -0.25) is 4.79 Å². The number of carboxylic acid groups (broad SMARTS) is 1. The van der Waals surface area contributed by atoms with Crippen molar-refractivity contribution in [1.29, 1.82) is 0 Å². The van der Waals surface area contributed by atoms with Gasteiger partial charge in [0, 0.05) is 17.3 Å². The average molecular weight is 308 g/mol. The molecule has 3 rings (SSSR count). The molecule has 23 heavy (non-hydrogen) atoms. The minimum atomic E-state index is -1.06. The van der Waals surface area contributed by atoms with Gasteiger partial charge >= 0.3 is 5.97 Å². The molecular weight excluding hydrogens is 292 g/mol. The molecule has 0 radical (unpaired) electrons. The van der Waals surface area contributed by atoms with E-state index in [2.05, 4.69) is 10.3 Å². The van der Waals surface area contributed by atoms with Crippen molar-refractivity contribution in [3.05, 3.63) is 71.9 Å². The highest BCUT2D eigenvalue weighted by Gasteiger charge is 2.21. The Labute approximate surface area is 133 Å². The van der Waals surface area contributed by atoms with Crippen molar-refractivity contribution >= 4 is 22.8 Å². The molecule has 0 saturated carbocycles. The number of fused-ring (bicyclic) bond motifs is 1. The largest absolute Gasteiger partial charge is 0.480 e. The number of aliphatic carboxylic acids is 1. The fourth-order valence-corrected chi connectivity index (χ4v) is 2.48. The molecule has 116 valence electrons. The number of amides is 1. The van der Waals surface area contributed by atoms with E-state index in [1.54, 1.807) is 6.07 Å². The number of carboxylic acids is 1. The monoisotopic (exact) mass is 308 g/mol. The first-order valence-electron chi connectivity index (χ1n) is 7.29. The number of carbonyl (C=O) groups is 2. The van der Waals surface area contributed by atoms with E-state index in [0.717, 1.165) is 16.5 Å². The van der Waals surface area contributed by atoms with Crippen LogP contribution in [0.15, 0.2) is 60.7 Å². The molecule has 2 aromatic carbocycles. The molecule has 0 saturated heterocycles. The molecule has 1 heterocycles. The Morgan fingerprint density at radius 1 is 1.04 bits per heavy atom. The van der Waals surface area contributed by atoms with Gasteiger partial charge in [-0.1, -0.05) is 48.5 Å². The first-order valence-corrected chi connectivity index (χ1v) is 7.29. The van der Waals surface area contributed by atoms with Crippen LogP contribution < -0.4 is 5.32 Å². The van der Waals surface area contributed by atoms with Gasteiger partial charge in [-0.15, -0.1) is 0 Å². The average Bonchev–Trinajstić information content (AvgIpc) is 2.99. The van der Waals surface area contributed by atoms with Crippen LogP contribution in [-0.2, 0) is 11.2 Å². The van der Waals surface area contributed by atoms with Crippen LogP contribution in [0.1, 0.15) is 16.1 Å². The van der Waals surface area contributed by atoms with Crippen LogP contribution in [0.2, 0.25) is 0 Å². The normalized spacial score (nSPS) is 12.0. The van der Waals surface area contributed by atoms with E-state index in [-0.39, 0.29) is 6.42 Å². The van der Waals surface area contributed by atoms with Crippen LogP contribution in [0.4, 0.5) is 0 Å². The fraction of sp³-hybridized carbons (Fsp3) is 0.111. The highest BCUT2D eigenvalue weighted by molar-refractivity contribution is 5.99. The molecule has 1 atom stereocenters. The lowest BCUT2D eigenvalue weighted by Gasteiger charge is -2.14. The Morgan fingerprint density at radius 2 is 1.74 bits per heavy atom. The third kappa shape index (κ3) is 3.40. The minimum Gasteiger partial charge on any atom is -0.480 e. The summed E-state index contributed by atoms with van der Waals surface area (Å²) in [6.45, 7) is 0. The van der Waals surface area contributed by atoms with E-state index >= 15 is 0 Å². The predicted octanol–water partition coefficient (Wildman–Crippen LogP) is 2.59. The molecule has 1 amide bonds. The number of aromatic nitrogens is 1. The van der Waals surface area contributed by atoms with Gasteiger partial charge in [0.2, 0.25) is 0 Å². The molecule has 0 bridgehead atoms. The number of hydrogen-bond acceptors (Lipinski definition) is 2. The second-order valence-electron chi connectivity index (χ2n) is 5.32. The lowest BCUT2D eigenvalue weighted by molar-refractivity contribution is -0.139. The van der Waals surface area contributed by atoms with Gasteiger partial charge in [0.05, 0.1) is 0 Å². The predicted molar refractivity (Wildman–Crippen MR) is 87.3 cm³/mol. The van der Waals surface area contributed by atoms with E-state index in [1.165, 1.54) is 0 Å². The lowest BCUT2D eigenvalue weighted by Crippen LogP contribution is -2.42. The third-order valence-electron chi connectivity index (χ3n) is 3.66. The molecule has 0 aliphatic rings. The van der Waals surface area contributed by atoms with Crippen LogP contribution in [0.3, 0.4) is 0 Å². The van der Waals surface area contributed by atoms with E-state index in [0.29, 0.717) is 5.69 Å². The maximum absolute atomic E-state index is 12.3. The Balaban J connectivity index is 1.76. The molecule has 5 heteroatoms. The summed E-state index contributed by atoms with van der Waals surface area (Å²) in [7, 11) is 0. The number of benzene rings is 2. The molecule has 3 aromatic rings. The van der Waals surface area contributed by atoms with Crippen molar-refractivity contribution in [2.45, 2.75) is 12.5 Å². The third-order valence-corrected chi connectivity index (χ3v) is 3.66. The first-order chi connectivity index (χ1) is 11.1. The Kier molecular flexibility index (Phi) is 4.10. The van der Waals surface area contributed by atoms with Gasteiger partial charge in [0.25, 0.3) is 5.91 Å². The summed E-state index contributed by atoms with van der Waals surface area (Å²) in [6, 6.07) is 17.5. The van der Waals surface area contributed by atoms with Gasteiger partial charge in [0.1, 0.15) is 11.7 Å². The summed E-state index contributed by atoms with van der Waals surface area (Å²) in [5.41, 5.74) is 2.05. The Morgan fingerprint density at radius 3 is 2.43 bits per heavy atom. The summed E-state index contributed by atoms with van der Waals surface area (Å²) in [6.07, 6.45) is 0.238. The molecular formula is C18H16N2O3. The molecule has 5 nitrogen and oxygen atoms in total. The number of hydrogen-bond donors (Lipinski definition) is 3. The van der Waals surface area contributed by atoms with Gasteiger partial charge < -0.3 is 15.4 Å². The van der Waals surface area contributed by atoms with Crippen molar-refractivity contribution in [3.8, 4) is 0 Å². The summed E-state index contributed by atoms with van der Waals surface area (Å²) in [4.78, 5) is 26.7. The highest BCUT2D eigenvalue weighted by Crippen LogP contribution is 2.15. The maximum atomic E-state index is 12.3. The minimum absolute atomic E-state index is 0.238. The second kappa shape index (κ2) is 6.36. The number of rotatable bonds is 5. The topological polar surface area (TPSA) is 82.2 Å². The van der Waals surface area contributed by atoms with Crippen LogP contribution >= 0.6 is 0 Å². The molecule has 1 unspecified atom stereocenters. The van der Waals surface area contributed by atoms with Gasteiger partial charge in [-0.2, -0.15) is 0 Å². The van der Waals surface area contributed by atoms with Crippen molar-refractivity contribution < 1.29 is 14.7 Å². The van der Waals surface area contributed by atoms with Gasteiger partial charge in [-0.25, -0.2) is 4.79 Å².